The van der Waals surface area contributed by atoms with Crippen molar-refractivity contribution in [3.63, 3.8) is 0 Å². The van der Waals surface area contributed by atoms with E-state index in [0.717, 1.165) is 40.5 Å². The minimum absolute atomic E-state index is 0.242. The molecule has 4 heteroatoms. The predicted molar refractivity (Wildman–Crippen MR) is 266 cm³/mol. The predicted octanol–water partition coefficient (Wildman–Crippen LogP) is 13.9. The average Bonchev–Trinajstić information content (AvgIpc) is 4.07. The molecular formula is C59H42N3P. The van der Waals surface area contributed by atoms with Gasteiger partial charge in [0, 0.05) is 27.8 Å². The van der Waals surface area contributed by atoms with Crippen LogP contribution in [-0.2, 0) is 18.5 Å². The van der Waals surface area contributed by atoms with Gasteiger partial charge in [-0.25, -0.2) is 9.98 Å². The summed E-state index contributed by atoms with van der Waals surface area (Å²) in [6.07, 6.45) is 6.75. The van der Waals surface area contributed by atoms with Gasteiger partial charge < -0.3 is 4.57 Å². The monoisotopic (exact) mass is 823 g/mol. The molecule has 0 saturated heterocycles. The number of aliphatic imine (C=N–C) groups is 2. The first-order valence-electron chi connectivity index (χ1n) is 22.0. The summed E-state index contributed by atoms with van der Waals surface area (Å²) in [7, 11) is 2.94. The Balaban J connectivity index is 0.942. The van der Waals surface area contributed by atoms with E-state index in [9.17, 15) is 0 Å². The highest BCUT2D eigenvalue weighted by Crippen LogP contribution is 2.66. The summed E-state index contributed by atoms with van der Waals surface area (Å²) in [6, 6.07) is 69.1. The van der Waals surface area contributed by atoms with Crippen LogP contribution < -0.4 is 0 Å². The summed E-state index contributed by atoms with van der Waals surface area (Å²) in [4.78, 5) is 10.7. The zero-order valence-electron chi connectivity index (χ0n) is 34.7. The molecule has 4 aliphatic carbocycles. The van der Waals surface area contributed by atoms with Gasteiger partial charge in [-0.05, 0) is 103 Å². The highest BCUT2D eigenvalue weighted by molar-refractivity contribution is 7.42. The highest BCUT2D eigenvalue weighted by Gasteiger charge is 2.56. The molecule has 1 aromatic heterocycles. The summed E-state index contributed by atoms with van der Waals surface area (Å²) in [5.74, 6) is 0.984. The van der Waals surface area contributed by atoms with E-state index < -0.39 is 0 Å². The Morgan fingerprint density at radius 1 is 0.587 bits per heavy atom. The molecule has 0 N–H and O–H groups in total. The SMILES string of the molecule is PC(=N/C(=N\Cn1c2ccccc2c2cc(C3=C4c5ccccc5C5(c6ccccc6-c6ccccc65)C4CC=C3)ccc21)c1ccccc1)c1cccc2c1-c1ccccc1C2. The molecule has 298 valence electrons. The first-order chi connectivity index (χ1) is 31.2. The van der Waals surface area contributed by atoms with Gasteiger partial charge in [0.1, 0.15) is 6.67 Å². The van der Waals surface area contributed by atoms with Gasteiger partial charge in [0.2, 0.25) is 0 Å². The molecule has 3 nitrogen and oxygen atoms in total. The standard InChI is InChI=1S/C59H42N3P/c63-58(47-26-14-19-40-34-38-18-4-5-20-41(38)55(40)47)61-57(37-16-2-1-3-17-37)60-36-62-53-31-13-9-23-45(53)48-35-39(32-33-54(48)62)42-25-15-30-52-56(42)46-24-8-12-29-51(46)59(52)49-27-10-6-21-43(49)44-22-7-11-28-50(44)59/h1-29,31-33,35,52H,30,34,36,63H2/b60-57-,61-58?. The Labute approximate surface area is 369 Å². The number of para-hydroxylation sites is 1. The third-order valence-electron chi connectivity index (χ3n) is 14.3. The normalized spacial score (nSPS) is 16.6. The Hall–Kier alpha value is -7.19. The highest BCUT2D eigenvalue weighted by atomic mass is 31.0. The van der Waals surface area contributed by atoms with Gasteiger partial charge in [0.05, 0.1) is 21.9 Å². The molecular weight excluding hydrogens is 782 g/mol. The fraction of sp³-hybridized carbons (Fsp3) is 0.0847. The van der Waals surface area contributed by atoms with Crippen LogP contribution in [0.15, 0.2) is 210 Å². The summed E-state index contributed by atoms with van der Waals surface area (Å²) in [6.45, 7) is 0.426. The van der Waals surface area contributed by atoms with Crippen molar-refractivity contribution in [1.29, 1.82) is 0 Å². The number of benzene rings is 8. The molecule has 8 aromatic carbocycles. The number of fused-ring (bicyclic) bond motifs is 16. The molecule has 0 amide bonds. The molecule has 4 aliphatic rings. The van der Waals surface area contributed by atoms with Crippen LogP contribution in [0.2, 0.25) is 0 Å². The van der Waals surface area contributed by atoms with Crippen molar-refractivity contribution >= 4 is 53.5 Å². The van der Waals surface area contributed by atoms with Crippen LogP contribution in [0, 0.1) is 5.92 Å². The largest absolute Gasteiger partial charge is 0.320 e. The second-order valence-electron chi connectivity index (χ2n) is 17.3. The van der Waals surface area contributed by atoms with Crippen LogP contribution in [0.1, 0.15) is 56.5 Å². The van der Waals surface area contributed by atoms with E-state index in [1.807, 2.05) is 6.07 Å². The fourth-order valence-corrected chi connectivity index (χ4v) is 12.1. The number of aromatic nitrogens is 1. The Bertz CT molecular complexity index is 3460. The lowest BCUT2D eigenvalue weighted by Crippen LogP contribution is -2.32. The smallest absolute Gasteiger partial charge is 0.157 e. The first-order valence-corrected chi connectivity index (χ1v) is 22.6. The van der Waals surface area contributed by atoms with Crippen LogP contribution in [0.3, 0.4) is 0 Å². The van der Waals surface area contributed by atoms with Crippen molar-refractivity contribution in [3.05, 3.63) is 250 Å². The third-order valence-corrected chi connectivity index (χ3v) is 14.7. The van der Waals surface area contributed by atoms with E-state index in [1.165, 1.54) is 83.1 Å². The minimum Gasteiger partial charge on any atom is -0.320 e. The van der Waals surface area contributed by atoms with Gasteiger partial charge in [-0.15, -0.1) is 0 Å². The number of hydrogen-bond acceptors (Lipinski definition) is 1. The van der Waals surface area contributed by atoms with Gasteiger partial charge in [-0.3, -0.25) is 0 Å². The maximum absolute atomic E-state index is 5.36. The van der Waals surface area contributed by atoms with Crippen molar-refractivity contribution in [3.8, 4) is 22.3 Å². The van der Waals surface area contributed by atoms with Crippen LogP contribution in [0.4, 0.5) is 0 Å². The molecule has 2 unspecified atom stereocenters. The number of allylic oxidation sites excluding steroid dienone is 4. The third kappa shape index (κ3) is 5.30. The minimum atomic E-state index is -0.242. The Morgan fingerprint density at radius 3 is 2.02 bits per heavy atom. The lowest BCUT2D eigenvalue weighted by atomic mass is 9.65. The zero-order valence-corrected chi connectivity index (χ0v) is 35.8. The van der Waals surface area contributed by atoms with Crippen LogP contribution >= 0.6 is 9.24 Å². The number of amidine groups is 1. The van der Waals surface area contributed by atoms with Crippen molar-refractivity contribution < 1.29 is 0 Å². The summed E-state index contributed by atoms with van der Waals surface area (Å²) in [5, 5.41) is 2.46. The maximum atomic E-state index is 5.36. The second kappa shape index (κ2) is 14.2. The maximum Gasteiger partial charge on any atom is 0.157 e. The molecule has 0 bridgehead atoms. The fourth-order valence-electron chi connectivity index (χ4n) is 11.7. The molecule has 63 heavy (non-hydrogen) atoms. The molecule has 0 radical (unpaired) electrons. The van der Waals surface area contributed by atoms with E-state index in [-0.39, 0.29) is 11.3 Å². The van der Waals surface area contributed by atoms with Crippen molar-refractivity contribution in [1.82, 2.24) is 4.57 Å². The van der Waals surface area contributed by atoms with E-state index in [1.54, 1.807) is 0 Å². The molecule has 2 atom stereocenters. The lowest BCUT2D eigenvalue weighted by Gasteiger charge is -2.36. The number of rotatable bonds is 5. The van der Waals surface area contributed by atoms with E-state index in [0.29, 0.717) is 12.5 Å². The van der Waals surface area contributed by atoms with Gasteiger partial charge in [0.25, 0.3) is 0 Å². The molecule has 0 saturated carbocycles. The summed E-state index contributed by atoms with van der Waals surface area (Å²) >= 11 is 0. The molecule has 0 aliphatic heterocycles. The number of hydrogen-bond donors (Lipinski definition) is 0. The van der Waals surface area contributed by atoms with E-state index >= 15 is 0 Å². The van der Waals surface area contributed by atoms with Crippen LogP contribution in [0.5, 0.6) is 0 Å². The topological polar surface area (TPSA) is 29.6 Å². The summed E-state index contributed by atoms with van der Waals surface area (Å²) in [5.41, 5.74) is 22.7. The molecule has 1 heterocycles. The lowest BCUT2D eigenvalue weighted by molar-refractivity contribution is 0.495. The van der Waals surface area contributed by atoms with Crippen molar-refractivity contribution in [2.45, 2.75) is 24.9 Å². The quantitative estimate of drug-likeness (QED) is 0.0940. The van der Waals surface area contributed by atoms with Crippen LogP contribution in [-0.4, -0.2) is 15.9 Å². The molecule has 0 fully saturated rings. The van der Waals surface area contributed by atoms with Crippen LogP contribution in [0.25, 0.3) is 55.2 Å². The Kier molecular flexibility index (Phi) is 8.20. The molecule has 1 spiro atoms. The van der Waals surface area contributed by atoms with Gasteiger partial charge in [-0.1, -0.05) is 191 Å². The molecule has 9 aromatic rings. The van der Waals surface area contributed by atoms with Gasteiger partial charge in [0.15, 0.2) is 5.84 Å². The van der Waals surface area contributed by atoms with E-state index in [4.69, 9.17) is 9.98 Å². The molecule has 13 rings (SSSR count). The summed E-state index contributed by atoms with van der Waals surface area (Å²) < 4.78 is 2.36. The second-order valence-corrected chi connectivity index (χ2v) is 17.8. The average molecular weight is 824 g/mol. The van der Waals surface area contributed by atoms with Gasteiger partial charge >= 0.3 is 0 Å². The zero-order chi connectivity index (χ0) is 41.6. The first kappa shape index (κ1) is 36.5. The van der Waals surface area contributed by atoms with E-state index in [2.05, 4.69) is 208 Å². The van der Waals surface area contributed by atoms with Crippen molar-refractivity contribution in [2.75, 3.05) is 0 Å². The van der Waals surface area contributed by atoms with Crippen molar-refractivity contribution in [2.24, 2.45) is 15.9 Å². The number of nitrogens with zero attached hydrogens (tertiary/aromatic N) is 3. The Morgan fingerprint density at radius 2 is 1.22 bits per heavy atom. The van der Waals surface area contributed by atoms with Gasteiger partial charge in [-0.2, -0.15) is 0 Å².